The van der Waals surface area contributed by atoms with Crippen molar-refractivity contribution in [3.63, 3.8) is 0 Å². The molecule has 29 heavy (non-hydrogen) atoms. The Morgan fingerprint density at radius 2 is 1.55 bits per heavy atom. The fraction of sp³-hybridized carbons (Fsp3) is 0.765. The van der Waals surface area contributed by atoms with Gasteiger partial charge in [0.1, 0.15) is 18.1 Å². The van der Waals surface area contributed by atoms with E-state index in [9.17, 15) is 24.3 Å². The van der Waals surface area contributed by atoms with E-state index in [2.05, 4.69) is 16.0 Å². The summed E-state index contributed by atoms with van der Waals surface area (Å²) in [5.74, 6) is -2.59. The molecule has 0 rings (SSSR count). The molecule has 0 spiro atoms. The zero-order valence-electron chi connectivity index (χ0n) is 16.8. The number of aliphatic carboxylic acids is 1. The second-order valence-electron chi connectivity index (χ2n) is 6.55. The third-order valence-corrected chi connectivity index (χ3v) is 4.74. The Balaban J connectivity index is 5.01. The van der Waals surface area contributed by atoms with Crippen LogP contribution in [-0.4, -0.2) is 83.2 Å². The summed E-state index contributed by atoms with van der Waals surface area (Å²) < 4.78 is 0. The molecule has 0 aromatic rings. The summed E-state index contributed by atoms with van der Waals surface area (Å²) in [5.41, 5.74) is 11.2. The van der Waals surface area contributed by atoms with Crippen molar-refractivity contribution in [3.8, 4) is 0 Å². The molecule has 0 aromatic carbocycles. The first-order chi connectivity index (χ1) is 13.7. The second-order valence-corrected chi connectivity index (χ2v) is 7.53. The lowest BCUT2D eigenvalue weighted by Crippen LogP contribution is -2.57. The number of unbranched alkanes of at least 4 members (excludes halogenated alkanes) is 1. The SMILES string of the molecule is CSCCC(N)C(=O)NC(CO)C(=O)NC(CCCCN)C(=O)NC(C)C(=O)O. The van der Waals surface area contributed by atoms with Crippen LogP contribution < -0.4 is 27.4 Å². The molecular formula is C17H33N5O6S. The number of thioether (sulfide) groups is 1. The summed E-state index contributed by atoms with van der Waals surface area (Å²) in [6.45, 7) is 1.01. The van der Waals surface area contributed by atoms with Crippen LogP contribution in [0.3, 0.4) is 0 Å². The highest BCUT2D eigenvalue weighted by Gasteiger charge is 2.28. The van der Waals surface area contributed by atoms with Gasteiger partial charge in [0.25, 0.3) is 0 Å². The Morgan fingerprint density at radius 3 is 2.07 bits per heavy atom. The van der Waals surface area contributed by atoms with Crippen LogP contribution in [0.1, 0.15) is 32.6 Å². The van der Waals surface area contributed by atoms with Crippen LogP contribution in [0.4, 0.5) is 0 Å². The molecule has 3 amide bonds. The summed E-state index contributed by atoms with van der Waals surface area (Å²) >= 11 is 1.52. The molecule has 0 aliphatic rings. The number of hydrogen-bond donors (Lipinski definition) is 7. The summed E-state index contributed by atoms with van der Waals surface area (Å²) in [7, 11) is 0. The van der Waals surface area contributed by atoms with E-state index >= 15 is 0 Å². The number of hydrogen-bond acceptors (Lipinski definition) is 8. The Kier molecular flexibility index (Phi) is 14.0. The minimum absolute atomic E-state index is 0.223. The minimum Gasteiger partial charge on any atom is -0.480 e. The maximum atomic E-state index is 12.5. The fourth-order valence-corrected chi connectivity index (χ4v) is 2.75. The van der Waals surface area contributed by atoms with Gasteiger partial charge in [-0.15, -0.1) is 0 Å². The third kappa shape index (κ3) is 11.0. The number of nitrogens with one attached hydrogen (secondary N) is 3. The Hall–Kier alpha value is -1.89. The molecule has 4 atom stereocenters. The summed E-state index contributed by atoms with van der Waals surface area (Å²) in [6, 6.07) is -4.29. The summed E-state index contributed by atoms with van der Waals surface area (Å²) in [4.78, 5) is 47.8. The molecule has 0 heterocycles. The quantitative estimate of drug-likeness (QED) is 0.139. The van der Waals surface area contributed by atoms with E-state index in [0.717, 1.165) is 0 Å². The lowest BCUT2D eigenvalue weighted by atomic mass is 10.1. The van der Waals surface area contributed by atoms with E-state index in [1.165, 1.54) is 18.7 Å². The molecule has 0 saturated carbocycles. The molecule has 0 aromatic heterocycles. The fourth-order valence-electron chi connectivity index (χ4n) is 2.26. The minimum atomic E-state index is -1.29. The highest BCUT2D eigenvalue weighted by molar-refractivity contribution is 7.98. The van der Waals surface area contributed by atoms with Crippen molar-refractivity contribution in [3.05, 3.63) is 0 Å². The van der Waals surface area contributed by atoms with Crippen LogP contribution in [0.5, 0.6) is 0 Å². The van der Waals surface area contributed by atoms with Gasteiger partial charge in [0.15, 0.2) is 0 Å². The van der Waals surface area contributed by atoms with Crippen LogP contribution >= 0.6 is 11.8 Å². The Morgan fingerprint density at radius 1 is 0.966 bits per heavy atom. The van der Waals surface area contributed by atoms with Crippen molar-refractivity contribution in [1.29, 1.82) is 0 Å². The van der Waals surface area contributed by atoms with Crippen molar-refractivity contribution in [2.45, 2.75) is 56.8 Å². The second kappa shape index (κ2) is 15.0. The normalized spacial score (nSPS) is 14.9. The van der Waals surface area contributed by atoms with Gasteiger partial charge in [-0.1, -0.05) is 0 Å². The van der Waals surface area contributed by atoms with Gasteiger partial charge < -0.3 is 37.6 Å². The molecule has 0 fully saturated rings. The first kappa shape index (κ1) is 27.1. The zero-order chi connectivity index (χ0) is 22.4. The van der Waals surface area contributed by atoms with Crippen LogP contribution in [0, 0.1) is 0 Å². The van der Waals surface area contributed by atoms with Gasteiger partial charge >= 0.3 is 5.97 Å². The summed E-state index contributed by atoms with van der Waals surface area (Å²) in [5, 5.41) is 25.5. The van der Waals surface area contributed by atoms with E-state index in [-0.39, 0.29) is 6.42 Å². The molecule has 0 aliphatic carbocycles. The number of carboxylic acids is 1. The van der Waals surface area contributed by atoms with Crippen molar-refractivity contribution in [1.82, 2.24) is 16.0 Å². The van der Waals surface area contributed by atoms with Gasteiger partial charge in [-0.3, -0.25) is 19.2 Å². The van der Waals surface area contributed by atoms with Gasteiger partial charge in [-0.05, 0) is 51.2 Å². The Labute approximate surface area is 174 Å². The van der Waals surface area contributed by atoms with Crippen molar-refractivity contribution in [2.24, 2.45) is 11.5 Å². The maximum Gasteiger partial charge on any atom is 0.325 e. The van der Waals surface area contributed by atoms with Gasteiger partial charge in [-0.2, -0.15) is 11.8 Å². The van der Waals surface area contributed by atoms with Crippen molar-refractivity contribution < 1.29 is 29.4 Å². The molecular weight excluding hydrogens is 402 g/mol. The highest BCUT2D eigenvalue weighted by atomic mass is 32.2. The average molecular weight is 436 g/mol. The lowest BCUT2D eigenvalue weighted by molar-refractivity contribution is -0.141. The lowest BCUT2D eigenvalue weighted by Gasteiger charge is -2.23. The monoisotopic (exact) mass is 435 g/mol. The van der Waals surface area contributed by atoms with E-state index in [0.29, 0.717) is 31.6 Å². The number of nitrogens with two attached hydrogens (primary N) is 2. The predicted octanol–water partition coefficient (Wildman–Crippen LogP) is -2.25. The smallest absolute Gasteiger partial charge is 0.325 e. The van der Waals surface area contributed by atoms with Gasteiger partial charge in [0.05, 0.1) is 12.6 Å². The van der Waals surface area contributed by atoms with Gasteiger partial charge in [0, 0.05) is 0 Å². The zero-order valence-corrected chi connectivity index (χ0v) is 17.7. The van der Waals surface area contributed by atoms with Crippen LogP contribution in [-0.2, 0) is 19.2 Å². The molecule has 0 radical (unpaired) electrons. The van der Waals surface area contributed by atoms with E-state index in [1.807, 2.05) is 6.26 Å². The first-order valence-electron chi connectivity index (χ1n) is 9.37. The van der Waals surface area contributed by atoms with Crippen LogP contribution in [0.2, 0.25) is 0 Å². The molecule has 11 nitrogen and oxygen atoms in total. The number of aliphatic hydroxyl groups is 1. The standard InChI is InChI=1S/C17H33N5O6S/c1-10(17(27)28)20-15(25)12(5-3-4-7-18)21-16(26)13(9-23)22-14(24)11(19)6-8-29-2/h10-13,23H,3-9,18-19H2,1-2H3,(H,20,25)(H,21,26)(H,22,24)(H,27,28). The first-order valence-corrected chi connectivity index (χ1v) is 10.8. The molecule has 0 bridgehead atoms. The van der Waals surface area contributed by atoms with Gasteiger partial charge in [0.2, 0.25) is 17.7 Å². The molecule has 12 heteroatoms. The largest absolute Gasteiger partial charge is 0.480 e. The molecule has 4 unspecified atom stereocenters. The molecule has 168 valence electrons. The number of amides is 3. The number of carbonyl (C=O) groups excluding carboxylic acids is 3. The third-order valence-electron chi connectivity index (χ3n) is 4.09. The summed E-state index contributed by atoms with van der Waals surface area (Å²) in [6.07, 6.45) is 3.63. The maximum absolute atomic E-state index is 12.5. The highest BCUT2D eigenvalue weighted by Crippen LogP contribution is 2.03. The van der Waals surface area contributed by atoms with E-state index in [1.54, 1.807) is 0 Å². The number of aliphatic hydroxyl groups excluding tert-OH is 1. The topological polar surface area (TPSA) is 197 Å². The molecule has 0 saturated heterocycles. The van der Waals surface area contributed by atoms with E-state index in [4.69, 9.17) is 16.6 Å². The molecule has 0 aliphatic heterocycles. The van der Waals surface area contributed by atoms with Crippen molar-refractivity contribution >= 4 is 35.5 Å². The average Bonchev–Trinajstić information content (AvgIpc) is 2.68. The number of carbonyl (C=O) groups is 4. The molecule has 9 N–H and O–H groups in total. The predicted molar refractivity (Wildman–Crippen MR) is 110 cm³/mol. The van der Waals surface area contributed by atoms with E-state index < -0.39 is 54.5 Å². The Bertz CT molecular complexity index is 550. The number of carboxylic acid groups (broad SMARTS) is 1. The van der Waals surface area contributed by atoms with Crippen LogP contribution in [0.15, 0.2) is 0 Å². The van der Waals surface area contributed by atoms with Gasteiger partial charge in [-0.25, -0.2) is 0 Å². The van der Waals surface area contributed by atoms with Crippen LogP contribution in [0.25, 0.3) is 0 Å². The number of rotatable bonds is 15. The van der Waals surface area contributed by atoms with Crippen molar-refractivity contribution in [2.75, 3.05) is 25.2 Å².